The molecule has 80 valence electrons. The van der Waals surface area contributed by atoms with E-state index in [1.807, 2.05) is 43.4 Å². The van der Waals surface area contributed by atoms with Crippen molar-refractivity contribution in [1.82, 2.24) is 15.3 Å². The van der Waals surface area contributed by atoms with Crippen molar-refractivity contribution in [2.24, 2.45) is 0 Å². The van der Waals surface area contributed by atoms with Crippen LogP contribution in [-0.4, -0.2) is 37.1 Å². The predicted molar refractivity (Wildman–Crippen MR) is 58.1 cm³/mol. The number of rotatable bonds is 1. The molecular weight excluding hydrogens is 190 g/mol. The van der Waals surface area contributed by atoms with Gasteiger partial charge in [-0.3, -0.25) is 15.1 Å². The third-order valence-corrected chi connectivity index (χ3v) is 2.90. The molecule has 0 saturated carbocycles. The lowest BCUT2D eigenvalue weighted by Gasteiger charge is -2.40. The van der Waals surface area contributed by atoms with Gasteiger partial charge >= 0.3 is 0 Å². The molecule has 1 aliphatic heterocycles. The molecule has 1 aromatic rings. The Morgan fingerprint density at radius 1 is 1.27 bits per heavy atom. The van der Waals surface area contributed by atoms with Gasteiger partial charge in [-0.05, 0) is 18.7 Å². The molecule has 0 saturated heterocycles. The van der Waals surface area contributed by atoms with Gasteiger partial charge in [-0.2, -0.15) is 0 Å². The summed E-state index contributed by atoms with van der Waals surface area (Å²) in [5.41, 5.74) is 1.81. The zero-order valence-electron chi connectivity index (χ0n) is 9.19. The van der Waals surface area contributed by atoms with Crippen LogP contribution in [0.1, 0.15) is 22.1 Å². The fourth-order valence-corrected chi connectivity index (χ4v) is 1.96. The molecule has 4 nitrogen and oxygen atoms in total. The SMILES string of the molecule is CNC1c2ccccc2C(=O)N(C)N1C. The Labute approximate surface area is 89.5 Å². The van der Waals surface area contributed by atoms with Crippen LogP contribution in [0.25, 0.3) is 0 Å². The van der Waals surface area contributed by atoms with Crippen molar-refractivity contribution in [3.05, 3.63) is 35.4 Å². The Kier molecular flexibility index (Phi) is 2.46. The highest BCUT2D eigenvalue weighted by molar-refractivity contribution is 5.96. The number of benzene rings is 1. The minimum atomic E-state index is 0.0413. The highest BCUT2D eigenvalue weighted by atomic mass is 16.2. The summed E-state index contributed by atoms with van der Waals surface area (Å²) in [7, 11) is 5.57. The van der Waals surface area contributed by atoms with Crippen LogP contribution in [0.3, 0.4) is 0 Å². The van der Waals surface area contributed by atoms with Crippen LogP contribution < -0.4 is 5.32 Å². The summed E-state index contributed by atoms with van der Waals surface area (Å²) in [5, 5.41) is 6.71. The molecule has 0 fully saturated rings. The van der Waals surface area contributed by atoms with Crippen molar-refractivity contribution >= 4 is 5.91 Å². The highest BCUT2D eigenvalue weighted by Crippen LogP contribution is 2.27. The third-order valence-electron chi connectivity index (χ3n) is 2.90. The van der Waals surface area contributed by atoms with E-state index in [9.17, 15) is 4.79 Å². The van der Waals surface area contributed by atoms with Gasteiger partial charge in [0.15, 0.2) is 0 Å². The van der Waals surface area contributed by atoms with E-state index in [-0.39, 0.29) is 12.1 Å². The van der Waals surface area contributed by atoms with Crippen LogP contribution in [-0.2, 0) is 0 Å². The smallest absolute Gasteiger partial charge is 0.268 e. The fourth-order valence-electron chi connectivity index (χ4n) is 1.96. The molecule has 0 aliphatic carbocycles. The molecule has 0 bridgehead atoms. The van der Waals surface area contributed by atoms with Crippen LogP contribution >= 0.6 is 0 Å². The summed E-state index contributed by atoms with van der Waals surface area (Å²) in [5.74, 6) is 0.0413. The summed E-state index contributed by atoms with van der Waals surface area (Å²) < 4.78 is 0. The first kappa shape index (κ1) is 10.1. The van der Waals surface area contributed by atoms with Gasteiger partial charge in [0.2, 0.25) is 0 Å². The van der Waals surface area contributed by atoms with E-state index in [1.54, 1.807) is 12.1 Å². The molecule has 2 rings (SSSR count). The molecule has 4 heteroatoms. The topological polar surface area (TPSA) is 35.6 Å². The second kappa shape index (κ2) is 3.64. The van der Waals surface area contributed by atoms with Crippen molar-refractivity contribution in [3.63, 3.8) is 0 Å². The second-order valence-electron chi connectivity index (χ2n) is 3.68. The Morgan fingerprint density at radius 3 is 2.60 bits per heavy atom. The van der Waals surface area contributed by atoms with Gasteiger partial charge in [-0.25, -0.2) is 5.01 Å². The molecule has 15 heavy (non-hydrogen) atoms. The number of nitrogens with zero attached hydrogens (tertiary/aromatic N) is 2. The zero-order valence-corrected chi connectivity index (χ0v) is 9.19. The van der Waals surface area contributed by atoms with E-state index in [0.29, 0.717) is 0 Å². The van der Waals surface area contributed by atoms with Crippen LogP contribution in [0.2, 0.25) is 0 Å². The standard InChI is InChI=1S/C11H15N3O/c1-12-10-8-6-4-5-7-9(8)11(15)14(3)13(10)2/h4-7,10,12H,1-3H3. The molecule has 0 radical (unpaired) electrons. The molecule has 0 spiro atoms. The van der Waals surface area contributed by atoms with Crippen LogP contribution in [0, 0.1) is 0 Å². The number of hydrazine groups is 1. The Bertz CT molecular complexity index is 391. The van der Waals surface area contributed by atoms with Crippen LogP contribution in [0.5, 0.6) is 0 Å². The van der Waals surface area contributed by atoms with Crippen molar-refractivity contribution in [2.45, 2.75) is 6.17 Å². The molecule has 0 aromatic heterocycles. The number of amides is 1. The minimum absolute atomic E-state index is 0.0413. The van der Waals surface area contributed by atoms with Gasteiger partial charge in [0, 0.05) is 19.7 Å². The lowest BCUT2D eigenvalue weighted by atomic mass is 10.0. The highest BCUT2D eigenvalue weighted by Gasteiger charge is 2.32. The summed E-state index contributed by atoms with van der Waals surface area (Å²) in [6.07, 6.45) is 0.0592. The Balaban J connectivity index is 2.55. The van der Waals surface area contributed by atoms with E-state index >= 15 is 0 Å². The number of carbonyl (C=O) groups is 1. The van der Waals surface area contributed by atoms with Crippen molar-refractivity contribution < 1.29 is 4.79 Å². The van der Waals surface area contributed by atoms with Crippen LogP contribution in [0.15, 0.2) is 24.3 Å². The van der Waals surface area contributed by atoms with Gasteiger partial charge in [-0.15, -0.1) is 0 Å². The maximum atomic E-state index is 11.9. The fraction of sp³-hybridized carbons (Fsp3) is 0.364. The molecule has 1 heterocycles. The molecule has 1 unspecified atom stereocenters. The Morgan fingerprint density at radius 2 is 1.93 bits per heavy atom. The third kappa shape index (κ3) is 1.42. The average molecular weight is 205 g/mol. The maximum Gasteiger partial charge on any atom is 0.268 e. The van der Waals surface area contributed by atoms with Gasteiger partial charge in [0.1, 0.15) is 6.17 Å². The number of nitrogens with one attached hydrogen (secondary N) is 1. The van der Waals surface area contributed by atoms with Gasteiger partial charge < -0.3 is 0 Å². The van der Waals surface area contributed by atoms with E-state index in [1.165, 1.54) is 0 Å². The van der Waals surface area contributed by atoms with Crippen molar-refractivity contribution in [1.29, 1.82) is 0 Å². The monoisotopic (exact) mass is 205 g/mol. The first-order chi connectivity index (χ1) is 7.16. The summed E-state index contributed by atoms with van der Waals surface area (Å²) in [6.45, 7) is 0. The first-order valence-corrected chi connectivity index (χ1v) is 4.94. The largest absolute Gasteiger partial charge is 0.300 e. The second-order valence-corrected chi connectivity index (χ2v) is 3.68. The van der Waals surface area contributed by atoms with Crippen molar-refractivity contribution in [3.8, 4) is 0 Å². The first-order valence-electron chi connectivity index (χ1n) is 4.94. The van der Waals surface area contributed by atoms with E-state index in [4.69, 9.17) is 0 Å². The number of carbonyl (C=O) groups excluding carboxylic acids is 1. The minimum Gasteiger partial charge on any atom is -0.300 e. The summed E-state index contributed by atoms with van der Waals surface area (Å²) in [4.78, 5) is 11.9. The lowest BCUT2D eigenvalue weighted by molar-refractivity contribution is -0.0201. The van der Waals surface area contributed by atoms with E-state index in [2.05, 4.69) is 5.32 Å². The quantitative estimate of drug-likeness (QED) is 0.738. The van der Waals surface area contributed by atoms with E-state index < -0.39 is 0 Å². The maximum absolute atomic E-state index is 11.9. The van der Waals surface area contributed by atoms with E-state index in [0.717, 1.165) is 11.1 Å². The zero-order chi connectivity index (χ0) is 11.0. The molecule has 1 N–H and O–H groups in total. The van der Waals surface area contributed by atoms with Gasteiger partial charge in [0.05, 0.1) is 0 Å². The summed E-state index contributed by atoms with van der Waals surface area (Å²) >= 11 is 0. The molecule has 1 aromatic carbocycles. The van der Waals surface area contributed by atoms with Crippen molar-refractivity contribution in [2.75, 3.05) is 21.1 Å². The number of hydrogen-bond donors (Lipinski definition) is 1. The Hall–Kier alpha value is -1.39. The number of hydrogen-bond acceptors (Lipinski definition) is 3. The number of fused-ring (bicyclic) bond motifs is 1. The predicted octanol–water partition coefficient (Wildman–Crippen LogP) is 0.837. The van der Waals surface area contributed by atoms with Gasteiger partial charge in [0.25, 0.3) is 5.91 Å². The molecule has 1 aliphatic rings. The molecule has 1 atom stereocenters. The van der Waals surface area contributed by atoms with Crippen LogP contribution in [0.4, 0.5) is 0 Å². The molecular formula is C11H15N3O. The lowest BCUT2D eigenvalue weighted by Crippen LogP contribution is -2.51. The summed E-state index contributed by atoms with van der Waals surface area (Å²) in [6, 6.07) is 7.70. The average Bonchev–Trinajstić information content (AvgIpc) is 2.27. The molecule has 1 amide bonds. The van der Waals surface area contributed by atoms with Gasteiger partial charge in [-0.1, -0.05) is 18.2 Å². The normalized spacial score (nSPS) is 21.7.